The van der Waals surface area contributed by atoms with Crippen LogP contribution >= 0.6 is 0 Å². The van der Waals surface area contributed by atoms with E-state index >= 15 is 0 Å². The van der Waals surface area contributed by atoms with Crippen LogP contribution in [0.25, 0.3) is 6.08 Å². The molecular weight excluding hydrogens is 333 g/mol. The molecule has 0 fully saturated rings. The Morgan fingerprint density at radius 1 is 1.35 bits per heavy atom. The molecule has 1 aromatic carbocycles. The Hall–Kier alpha value is -1.13. The molecule has 0 saturated carbocycles. The molecule has 1 aromatic rings. The van der Waals surface area contributed by atoms with E-state index in [0.29, 0.717) is 24.2 Å². The van der Waals surface area contributed by atoms with Crippen LogP contribution in [0.2, 0.25) is 0 Å². The van der Waals surface area contributed by atoms with Crippen LogP contribution in [-0.2, 0) is 14.4 Å². The van der Waals surface area contributed by atoms with Crippen molar-refractivity contribution in [1.29, 1.82) is 0 Å². The van der Waals surface area contributed by atoms with Crippen LogP contribution in [0, 0.1) is 10.1 Å². The van der Waals surface area contributed by atoms with Gasteiger partial charge in [-0.05, 0) is 36.6 Å². The second-order valence-electron chi connectivity index (χ2n) is 4.20. The van der Waals surface area contributed by atoms with Gasteiger partial charge in [0.1, 0.15) is 0 Å². The molecule has 122 valence electrons. The van der Waals surface area contributed by atoms with E-state index < -0.39 is 11.1 Å². The van der Waals surface area contributed by atoms with Crippen molar-refractivity contribution in [3.8, 4) is 11.5 Å². The second kappa shape index (κ2) is 12.3. The molecule has 0 unspecified atom stereocenters. The van der Waals surface area contributed by atoms with E-state index in [1.807, 2.05) is 0 Å². The first-order chi connectivity index (χ1) is 10.5. The quantitative estimate of drug-likeness (QED) is 0.178. The summed E-state index contributed by atoms with van der Waals surface area (Å²) in [6, 6.07) is 4.66. The molecule has 0 bridgehead atoms. The Kier molecular flexibility index (Phi) is 11.7. The third-order valence-corrected chi connectivity index (χ3v) is 2.60. The Morgan fingerprint density at radius 2 is 2.04 bits per heavy atom. The number of hydrogen-bond acceptors (Lipinski definition) is 7. The third-order valence-electron chi connectivity index (χ3n) is 2.60. The van der Waals surface area contributed by atoms with Gasteiger partial charge in [0.2, 0.25) is 0 Å². The third kappa shape index (κ3) is 9.56. The van der Waals surface area contributed by atoms with E-state index in [2.05, 4.69) is 4.84 Å². The number of carbonyl (C=O) groups is 1. The first kappa shape index (κ1) is 21.9. The number of ether oxygens (including phenoxy) is 2. The van der Waals surface area contributed by atoms with Crippen molar-refractivity contribution in [2.24, 2.45) is 0 Å². The van der Waals surface area contributed by atoms with Gasteiger partial charge >= 0.3 is 57.4 Å². The Morgan fingerprint density at radius 3 is 2.70 bits per heavy atom. The SMILES string of the molecule is COc1cc(/C=C/C(=O)OCCCCO[N+](=O)[O-])ccc1O.[KH]. The second-order valence-corrected chi connectivity index (χ2v) is 4.20. The summed E-state index contributed by atoms with van der Waals surface area (Å²) >= 11 is 0. The number of esters is 1. The van der Waals surface area contributed by atoms with Gasteiger partial charge in [0, 0.05) is 6.08 Å². The van der Waals surface area contributed by atoms with Gasteiger partial charge in [-0.3, -0.25) is 0 Å². The molecule has 0 amide bonds. The minimum absolute atomic E-state index is 0. The van der Waals surface area contributed by atoms with E-state index in [1.54, 1.807) is 12.1 Å². The fourth-order valence-electron chi connectivity index (χ4n) is 1.53. The van der Waals surface area contributed by atoms with Crippen LogP contribution in [0.3, 0.4) is 0 Å². The van der Waals surface area contributed by atoms with Crippen molar-refractivity contribution in [1.82, 2.24) is 0 Å². The van der Waals surface area contributed by atoms with Crippen molar-refractivity contribution < 1.29 is 29.3 Å². The fourth-order valence-corrected chi connectivity index (χ4v) is 1.53. The predicted molar refractivity (Wildman–Crippen MR) is 84.0 cm³/mol. The van der Waals surface area contributed by atoms with Gasteiger partial charge in [0.25, 0.3) is 5.09 Å². The van der Waals surface area contributed by atoms with Gasteiger partial charge in [0.15, 0.2) is 11.5 Å². The summed E-state index contributed by atoms with van der Waals surface area (Å²) in [6.07, 6.45) is 3.67. The molecule has 0 aliphatic heterocycles. The van der Waals surface area contributed by atoms with Gasteiger partial charge in [-0.25, -0.2) is 4.79 Å². The van der Waals surface area contributed by atoms with Crippen LogP contribution in [0.4, 0.5) is 0 Å². The number of phenols is 1. The summed E-state index contributed by atoms with van der Waals surface area (Å²) < 4.78 is 9.87. The van der Waals surface area contributed by atoms with E-state index in [0.717, 1.165) is 0 Å². The number of phenolic OH excluding ortho intramolecular Hbond substituents is 1. The Bertz CT molecular complexity index is 548. The molecule has 1 rings (SSSR count). The van der Waals surface area contributed by atoms with Crippen molar-refractivity contribution in [2.75, 3.05) is 20.3 Å². The number of unbranched alkanes of at least 4 members (excludes halogenated alkanes) is 1. The standard InChI is InChI=1S/C14H17NO7.K.H/c1-20-13-10-11(4-6-12(13)16)5-7-14(17)21-8-2-3-9-22-15(18)19;;/h4-7,10,16H,2-3,8-9H2,1H3;;/b7-5+;;. The Balaban J connectivity index is 0.00000484. The summed E-state index contributed by atoms with van der Waals surface area (Å²) in [6.45, 7) is 0.136. The Labute approximate surface area is 175 Å². The van der Waals surface area contributed by atoms with E-state index in [9.17, 15) is 20.0 Å². The number of rotatable bonds is 9. The molecule has 0 aliphatic rings. The molecule has 0 radical (unpaired) electrons. The van der Waals surface area contributed by atoms with E-state index in [4.69, 9.17) is 9.47 Å². The van der Waals surface area contributed by atoms with Crippen molar-refractivity contribution in [2.45, 2.75) is 12.8 Å². The molecular formula is C14H18KNO7. The number of carbonyl (C=O) groups excluding carboxylic acids is 1. The summed E-state index contributed by atoms with van der Waals surface area (Å²) in [5.41, 5.74) is 0.672. The molecule has 23 heavy (non-hydrogen) atoms. The van der Waals surface area contributed by atoms with Gasteiger partial charge in [0.05, 0.1) is 20.3 Å². The van der Waals surface area contributed by atoms with Gasteiger partial charge < -0.3 is 19.4 Å². The van der Waals surface area contributed by atoms with Crippen LogP contribution < -0.4 is 4.74 Å². The fraction of sp³-hybridized carbons (Fsp3) is 0.357. The molecule has 0 aromatic heterocycles. The zero-order valence-electron chi connectivity index (χ0n) is 12.1. The first-order valence-corrected chi connectivity index (χ1v) is 6.52. The van der Waals surface area contributed by atoms with E-state index in [-0.39, 0.29) is 70.3 Å². The number of methoxy groups -OCH3 is 1. The van der Waals surface area contributed by atoms with Crippen LogP contribution in [0.5, 0.6) is 11.5 Å². The molecule has 0 atom stereocenters. The number of benzene rings is 1. The summed E-state index contributed by atoms with van der Waals surface area (Å²) in [7, 11) is 1.43. The van der Waals surface area contributed by atoms with Crippen molar-refractivity contribution in [3.05, 3.63) is 40.0 Å². The normalized spacial score (nSPS) is 9.96. The number of hydrogen-bond donors (Lipinski definition) is 1. The monoisotopic (exact) mass is 351 g/mol. The predicted octanol–water partition coefficient (Wildman–Crippen LogP) is 1.30. The average Bonchev–Trinajstić information content (AvgIpc) is 2.49. The molecule has 0 spiro atoms. The molecule has 0 aliphatic carbocycles. The number of nitrogens with zero attached hydrogens (tertiary/aromatic N) is 1. The van der Waals surface area contributed by atoms with Crippen molar-refractivity contribution >= 4 is 63.4 Å². The maximum atomic E-state index is 11.4. The van der Waals surface area contributed by atoms with Gasteiger partial charge in [-0.2, -0.15) is 0 Å². The average molecular weight is 351 g/mol. The summed E-state index contributed by atoms with van der Waals surface area (Å²) in [5.74, 6) is -0.206. The topological polar surface area (TPSA) is 108 Å². The molecule has 1 N–H and O–H groups in total. The van der Waals surface area contributed by atoms with Crippen LogP contribution in [-0.4, -0.2) is 87.9 Å². The molecule has 0 saturated heterocycles. The van der Waals surface area contributed by atoms with E-state index in [1.165, 1.54) is 25.3 Å². The minimum atomic E-state index is -0.860. The molecule has 8 nitrogen and oxygen atoms in total. The zero-order chi connectivity index (χ0) is 16.4. The molecule has 0 heterocycles. The maximum absolute atomic E-state index is 11.4. The first-order valence-electron chi connectivity index (χ1n) is 6.52. The molecule has 9 heteroatoms. The number of aromatic hydroxyl groups is 1. The summed E-state index contributed by atoms with van der Waals surface area (Å²) in [5, 5.41) is 18.5. The zero-order valence-corrected chi connectivity index (χ0v) is 12.1. The van der Waals surface area contributed by atoms with Gasteiger partial charge in [-0.1, -0.05) is 6.07 Å². The van der Waals surface area contributed by atoms with Gasteiger partial charge in [-0.15, -0.1) is 10.1 Å². The van der Waals surface area contributed by atoms with Crippen LogP contribution in [0.15, 0.2) is 24.3 Å². The van der Waals surface area contributed by atoms with Crippen LogP contribution in [0.1, 0.15) is 18.4 Å². The van der Waals surface area contributed by atoms with Crippen molar-refractivity contribution in [3.63, 3.8) is 0 Å². The summed E-state index contributed by atoms with van der Waals surface area (Å²) in [4.78, 5) is 25.5.